The Morgan fingerprint density at radius 2 is 2.00 bits per heavy atom. The van der Waals surface area contributed by atoms with Crippen LogP contribution < -0.4 is 0 Å². The van der Waals surface area contributed by atoms with Crippen molar-refractivity contribution in [3.8, 4) is 0 Å². The van der Waals surface area contributed by atoms with Gasteiger partial charge in [-0.25, -0.2) is 4.79 Å². The van der Waals surface area contributed by atoms with E-state index in [0.29, 0.717) is 6.61 Å². The molecule has 1 aromatic rings. The number of carbonyl (C=O) groups is 1. The van der Waals surface area contributed by atoms with Crippen LogP contribution in [-0.4, -0.2) is 17.6 Å². The van der Waals surface area contributed by atoms with E-state index in [0.717, 1.165) is 18.4 Å². The summed E-state index contributed by atoms with van der Waals surface area (Å²) >= 11 is 0. The van der Waals surface area contributed by atoms with Gasteiger partial charge in [-0.3, -0.25) is 4.90 Å². The van der Waals surface area contributed by atoms with Crippen molar-refractivity contribution >= 4 is 6.09 Å². The van der Waals surface area contributed by atoms with Crippen molar-refractivity contribution in [2.24, 2.45) is 5.92 Å². The molecule has 1 heterocycles. The van der Waals surface area contributed by atoms with E-state index < -0.39 is 5.54 Å². The zero-order chi connectivity index (χ0) is 16.0. The van der Waals surface area contributed by atoms with Crippen LogP contribution in [0.15, 0.2) is 42.6 Å². The molecule has 1 aromatic carbocycles. The average molecular weight is 301 g/mol. The molecular weight excluding hydrogens is 274 g/mol. The van der Waals surface area contributed by atoms with E-state index in [1.807, 2.05) is 24.4 Å². The van der Waals surface area contributed by atoms with Gasteiger partial charge in [0.05, 0.1) is 0 Å². The molecule has 0 radical (unpaired) electrons. The Labute approximate surface area is 134 Å². The Bertz CT molecular complexity index is 509. The monoisotopic (exact) mass is 301 g/mol. The molecule has 0 bridgehead atoms. The number of cyclic esters (lactones) is 1. The highest BCUT2D eigenvalue weighted by Crippen LogP contribution is 2.41. The molecule has 3 nitrogen and oxygen atoms in total. The number of unbranched alkanes of at least 4 members (excludes halogenated alkanes) is 3. The summed E-state index contributed by atoms with van der Waals surface area (Å²) in [4.78, 5) is 14.0. The van der Waals surface area contributed by atoms with E-state index in [9.17, 15) is 4.79 Å². The van der Waals surface area contributed by atoms with Crippen LogP contribution in [0, 0.1) is 5.92 Å². The fourth-order valence-corrected chi connectivity index (χ4v) is 3.09. The fraction of sp³-hybridized carbons (Fsp3) is 0.526. The Kier molecular flexibility index (Phi) is 5.64. The first-order valence-electron chi connectivity index (χ1n) is 8.31. The van der Waals surface area contributed by atoms with E-state index in [4.69, 9.17) is 4.74 Å². The Hall–Kier alpha value is -1.77. The molecule has 3 heteroatoms. The molecule has 0 aliphatic carbocycles. The molecule has 1 fully saturated rings. The molecule has 0 N–H and O–H groups in total. The Morgan fingerprint density at radius 3 is 2.64 bits per heavy atom. The van der Waals surface area contributed by atoms with Gasteiger partial charge in [0, 0.05) is 6.20 Å². The quantitative estimate of drug-likeness (QED) is 0.657. The first-order valence-corrected chi connectivity index (χ1v) is 8.31. The topological polar surface area (TPSA) is 29.5 Å². The minimum absolute atomic E-state index is 0.246. The van der Waals surface area contributed by atoms with Gasteiger partial charge in [-0.2, -0.15) is 0 Å². The van der Waals surface area contributed by atoms with Crippen LogP contribution in [0.2, 0.25) is 0 Å². The van der Waals surface area contributed by atoms with Crippen molar-refractivity contribution < 1.29 is 9.53 Å². The lowest BCUT2D eigenvalue weighted by Gasteiger charge is -2.37. The molecule has 22 heavy (non-hydrogen) atoms. The minimum Gasteiger partial charge on any atom is -0.446 e. The molecule has 120 valence electrons. The third-order valence-corrected chi connectivity index (χ3v) is 4.50. The van der Waals surface area contributed by atoms with E-state index in [1.54, 1.807) is 4.90 Å². The minimum atomic E-state index is -0.403. The van der Waals surface area contributed by atoms with Gasteiger partial charge in [0.25, 0.3) is 0 Å². The second-order valence-electron chi connectivity index (χ2n) is 6.25. The van der Waals surface area contributed by atoms with Crippen LogP contribution in [0.1, 0.15) is 52.0 Å². The van der Waals surface area contributed by atoms with E-state index in [1.165, 1.54) is 12.8 Å². The number of hydrogen-bond acceptors (Lipinski definition) is 2. The van der Waals surface area contributed by atoms with Crippen LogP contribution in [-0.2, 0) is 10.3 Å². The van der Waals surface area contributed by atoms with Gasteiger partial charge < -0.3 is 4.74 Å². The molecular formula is C19H27NO2. The molecule has 0 saturated carbocycles. The molecule has 1 saturated heterocycles. The number of ether oxygens (including phenoxy) is 1. The summed E-state index contributed by atoms with van der Waals surface area (Å²) < 4.78 is 5.41. The summed E-state index contributed by atoms with van der Waals surface area (Å²) in [5.41, 5.74) is 0.730. The van der Waals surface area contributed by atoms with Crippen LogP contribution in [0.5, 0.6) is 0 Å². The standard InChI is InChI=1S/C19H27NO2/c1-4-5-6-7-11-14-20-18(21)22-15-19(20,16(2)3)17-12-9-8-10-13-17/h8-14,16H,4-7,15H2,1-3H3/b14-11+/t19-/m1/s1. The van der Waals surface area contributed by atoms with Crippen molar-refractivity contribution in [2.45, 2.75) is 52.0 Å². The van der Waals surface area contributed by atoms with E-state index >= 15 is 0 Å². The molecule has 0 unspecified atom stereocenters. The highest BCUT2D eigenvalue weighted by molar-refractivity contribution is 5.73. The van der Waals surface area contributed by atoms with Crippen LogP contribution in [0.3, 0.4) is 0 Å². The van der Waals surface area contributed by atoms with Gasteiger partial charge in [-0.1, -0.05) is 70.0 Å². The second kappa shape index (κ2) is 7.48. The lowest BCUT2D eigenvalue weighted by atomic mass is 9.80. The average Bonchev–Trinajstić information content (AvgIpc) is 2.86. The smallest absolute Gasteiger partial charge is 0.414 e. The van der Waals surface area contributed by atoms with Gasteiger partial charge in [0.2, 0.25) is 0 Å². The van der Waals surface area contributed by atoms with Crippen molar-refractivity contribution in [3.63, 3.8) is 0 Å². The molecule has 0 aromatic heterocycles. The third kappa shape index (κ3) is 3.18. The number of allylic oxidation sites excluding steroid dienone is 1. The SMILES string of the molecule is CCCCC/C=C/N1C(=O)OC[C@]1(c1ccccc1)C(C)C. The molecule has 2 rings (SSSR count). The number of amides is 1. The van der Waals surface area contributed by atoms with Crippen molar-refractivity contribution in [1.29, 1.82) is 0 Å². The predicted octanol–water partition coefficient (Wildman–Crippen LogP) is 5.08. The molecule has 1 atom stereocenters. The van der Waals surface area contributed by atoms with Crippen molar-refractivity contribution in [1.82, 2.24) is 4.90 Å². The number of benzene rings is 1. The predicted molar refractivity (Wildman–Crippen MR) is 89.4 cm³/mol. The largest absolute Gasteiger partial charge is 0.446 e. The maximum Gasteiger partial charge on any atom is 0.414 e. The van der Waals surface area contributed by atoms with Gasteiger partial charge in [-0.05, 0) is 24.3 Å². The highest BCUT2D eigenvalue weighted by atomic mass is 16.6. The lowest BCUT2D eigenvalue weighted by Crippen LogP contribution is -2.45. The van der Waals surface area contributed by atoms with Crippen LogP contribution >= 0.6 is 0 Å². The normalized spacial score (nSPS) is 21.8. The lowest BCUT2D eigenvalue weighted by molar-refractivity contribution is 0.151. The van der Waals surface area contributed by atoms with Crippen molar-refractivity contribution in [2.75, 3.05) is 6.61 Å². The summed E-state index contributed by atoms with van der Waals surface area (Å²) in [7, 11) is 0. The number of carbonyl (C=O) groups excluding carboxylic acids is 1. The molecule has 1 aliphatic rings. The summed E-state index contributed by atoms with van der Waals surface area (Å²) in [6, 6.07) is 10.2. The first kappa shape index (κ1) is 16.6. The van der Waals surface area contributed by atoms with Gasteiger partial charge >= 0.3 is 6.09 Å². The summed E-state index contributed by atoms with van der Waals surface area (Å²) in [5.74, 6) is 0.265. The summed E-state index contributed by atoms with van der Waals surface area (Å²) in [5, 5.41) is 0. The number of rotatable bonds is 7. The summed E-state index contributed by atoms with van der Waals surface area (Å²) in [6.45, 7) is 6.90. The molecule has 0 spiro atoms. The van der Waals surface area contributed by atoms with E-state index in [-0.39, 0.29) is 12.0 Å². The van der Waals surface area contributed by atoms with Gasteiger partial charge in [-0.15, -0.1) is 0 Å². The third-order valence-electron chi connectivity index (χ3n) is 4.50. The first-order chi connectivity index (χ1) is 10.6. The zero-order valence-corrected chi connectivity index (χ0v) is 13.9. The van der Waals surface area contributed by atoms with Crippen LogP contribution in [0.4, 0.5) is 4.79 Å². The zero-order valence-electron chi connectivity index (χ0n) is 13.9. The van der Waals surface area contributed by atoms with Gasteiger partial charge in [0.1, 0.15) is 12.1 Å². The summed E-state index contributed by atoms with van der Waals surface area (Å²) in [6.07, 6.45) is 8.38. The number of hydrogen-bond donors (Lipinski definition) is 0. The maximum atomic E-state index is 12.2. The molecule has 1 amide bonds. The van der Waals surface area contributed by atoms with E-state index in [2.05, 4.69) is 39.0 Å². The van der Waals surface area contributed by atoms with Crippen LogP contribution in [0.25, 0.3) is 0 Å². The fourth-order valence-electron chi connectivity index (χ4n) is 3.09. The highest BCUT2D eigenvalue weighted by Gasteiger charge is 2.50. The maximum absolute atomic E-state index is 12.2. The second-order valence-corrected chi connectivity index (χ2v) is 6.25. The Balaban J connectivity index is 2.26. The molecule has 1 aliphatic heterocycles. The van der Waals surface area contributed by atoms with Gasteiger partial charge in [0.15, 0.2) is 0 Å². The van der Waals surface area contributed by atoms with Crippen molar-refractivity contribution in [3.05, 3.63) is 48.2 Å². The number of nitrogens with zero attached hydrogens (tertiary/aromatic N) is 1. The Morgan fingerprint density at radius 1 is 1.27 bits per heavy atom.